The van der Waals surface area contributed by atoms with Crippen LogP contribution in [0.2, 0.25) is 0 Å². The molecule has 1 amide bonds. The zero-order chi connectivity index (χ0) is 19.2. The van der Waals surface area contributed by atoms with Gasteiger partial charge in [0.2, 0.25) is 5.91 Å². The quantitative estimate of drug-likeness (QED) is 0.707. The topological polar surface area (TPSA) is 83.8 Å². The second-order valence-electron chi connectivity index (χ2n) is 6.80. The van der Waals surface area contributed by atoms with Crippen LogP contribution < -0.4 is 21.0 Å². The summed E-state index contributed by atoms with van der Waals surface area (Å²) < 4.78 is 10.6. The standard InChI is InChI=1S/C20H27N3O4/c1-14-16-4-3-15(26-2)13-18(16)27-20(25)17(14)5-6-19(24)22-9-12-23-10-7-21-8-11-23/h3-4,13,21H,5-12H2,1-2H3,(H,22,24). The van der Waals surface area contributed by atoms with Crippen molar-refractivity contribution in [2.75, 3.05) is 46.4 Å². The van der Waals surface area contributed by atoms with Crippen LogP contribution in [0.15, 0.2) is 27.4 Å². The molecule has 1 aromatic carbocycles. The fourth-order valence-corrected chi connectivity index (χ4v) is 3.41. The van der Waals surface area contributed by atoms with Crippen molar-refractivity contribution in [2.24, 2.45) is 0 Å². The largest absolute Gasteiger partial charge is 0.497 e. The fraction of sp³-hybridized carbons (Fsp3) is 0.500. The first-order valence-electron chi connectivity index (χ1n) is 9.38. The van der Waals surface area contributed by atoms with Gasteiger partial charge in [-0.15, -0.1) is 0 Å². The average molecular weight is 373 g/mol. The normalized spacial score (nSPS) is 15.0. The predicted octanol–water partition coefficient (Wildman–Crippen LogP) is 1.06. The van der Waals surface area contributed by atoms with Crippen LogP contribution in [0.25, 0.3) is 11.0 Å². The van der Waals surface area contributed by atoms with E-state index in [4.69, 9.17) is 9.15 Å². The van der Waals surface area contributed by atoms with Gasteiger partial charge in [0.15, 0.2) is 0 Å². The van der Waals surface area contributed by atoms with E-state index in [1.165, 1.54) is 0 Å². The molecule has 0 radical (unpaired) electrons. The van der Waals surface area contributed by atoms with Gasteiger partial charge in [-0.2, -0.15) is 0 Å². The van der Waals surface area contributed by atoms with E-state index < -0.39 is 0 Å². The van der Waals surface area contributed by atoms with Crippen LogP contribution in [0.1, 0.15) is 17.5 Å². The van der Waals surface area contributed by atoms with Gasteiger partial charge in [0.05, 0.1) is 7.11 Å². The summed E-state index contributed by atoms with van der Waals surface area (Å²) in [5, 5.41) is 7.11. The first-order valence-corrected chi connectivity index (χ1v) is 9.38. The van der Waals surface area contributed by atoms with Gasteiger partial charge in [-0.05, 0) is 31.0 Å². The molecular weight excluding hydrogens is 346 g/mol. The molecule has 0 bridgehead atoms. The Kier molecular flexibility index (Phi) is 6.47. The molecule has 1 aliphatic heterocycles. The number of aryl methyl sites for hydroxylation is 1. The minimum Gasteiger partial charge on any atom is -0.497 e. The summed E-state index contributed by atoms with van der Waals surface area (Å²) in [6.07, 6.45) is 0.643. The third-order valence-electron chi connectivity index (χ3n) is 5.06. The summed E-state index contributed by atoms with van der Waals surface area (Å²) in [7, 11) is 1.57. The lowest BCUT2D eigenvalue weighted by atomic mass is 10.0. The molecule has 27 heavy (non-hydrogen) atoms. The Hall–Kier alpha value is -2.38. The number of carbonyl (C=O) groups is 1. The summed E-state index contributed by atoms with van der Waals surface area (Å²) in [5.74, 6) is 0.598. The number of methoxy groups -OCH3 is 1. The van der Waals surface area contributed by atoms with E-state index in [1.54, 1.807) is 13.2 Å². The van der Waals surface area contributed by atoms with E-state index in [0.29, 0.717) is 29.9 Å². The lowest BCUT2D eigenvalue weighted by molar-refractivity contribution is -0.121. The van der Waals surface area contributed by atoms with Crippen molar-refractivity contribution < 1.29 is 13.9 Å². The van der Waals surface area contributed by atoms with Crippen molar-refractivity contribution in [3.8, 4) is 5.75 Å². The Labute approximate surface area is 158 Å². The number of ether oxygens (including phenoxy) is 1. The van der Waals surface area contributed by atoms with Crippen LogP contribution in [0.3, 0.4) is 0 Å². The Morgan fingerprint density at radius 2 is 2.11 bits per heavy atom. The predicted molar refractivity (Wildman–Crippen MR) is 104 cm³/mol. The Morgan fingerprint density at radius 1 is 1.33 bits per heavy atom. The number of fused-ring (bicyclic) bond motifs is 1. The molecule has 2 heterocycles. The monoisotopic (exact) mass is 373 g/mol. The number of nitrogens with one attached hydrogen (secondary N) is 2. The van der Waals surface area contributed by atoms with E-state index in [0.717, 1.165) is 43.7 Å². The molecule has 2 aromatic rings. The van der Waals surface area contributed by atoms with Gasteiger partial charge in [0, 0.05) is 62.7 Å². The molecule has 0 aliphatic carbocycles. The highest BCUT2D eigenvalue weighted by Crippen LogP contribution is 2.24. The SMILES string of the molecule is COc1ccc2c(C)c(CCC(=O)NCCN3CCNCC3)c(=O)oc2c1. The van der Waals surface area contributed by atoms with Crippen LogP contribution >= 0.6 is 0 Å². The molecule has 1 fully saturated rings. The summed E-state index contributed by atoms with van der Waals surface area (Å²) in [6.45, 7) is 7.39. The van der Waals surface area contributed by atoms with Gasteiger partial charge in [0.25, 0.3) is 0 Å². The lowest BCUT2D eigenvalue weighted by Gasteiger charge is -2.27. The van der Waals surface area contributed by atoms with Crippen LogP contribution in [-0.2, 0) is 11.2 Å². The van der Waals surface area contributed by atoms with Crippen LogP contribution in [-0.4, -0.2) is 57.2 Å². The van der Waals surface area contributed by atoms with Crippen LogP contribution in [0.5, 0.6) is 5.75 Å². The highest BCUT2D eigenvalue weighted by Gasteiger charge is 2.14. The summed E-state index contributed by atoms with van der Waals surface area (Å²) in [4.78, 5) is 26.8. The maximum atomic E-state index is 12.3. The summed E-state index contributed by atoms with van der Waals surface area (Å²) in [6, 6.07) is 5.42. The highest BCUT2D eigenvalue weighted by molar-refractivity contribution is 5.82. The molecule has 3 rings (SSSR count). The minimum atomic E-state index is -0.387. The zero-order valence-corrected chi connectivity index (χ0v) is 16.0. The second-order valence-corrected chi connectivity index (χ2v) is 6.80. The molecular formula is C20H27N3O4. The molecule has 7 heteroatoms. The molecule has 0 atom stereocenters. The molecule has 0 saturated carbocycles. The number of amides is 1. The zero-order valence-electron chi connectivity index (χ0n) is 16.0. The third-order valence-corrected chi connectivity index (χ3v) is 5.06. The van der Waals surface area contributed by atoms with E-state index in [9.17, 15) is 9.59 Å². The molecule has 1 aromatic heterocycles. The number of piperazine rings is 1. The van der Waals surface area contributed by atoms with Gasteiger partial charge < -0.3 is 19.8 Å². The molecule has 0 unspecified atom stereocenters. The van der Waals surface area contributed by atoms with Gasteiger partial charge in [-0.1, -0.05) is 0 Å². The maximum Gasteiger partial charge on any atom is 0.339 e. The van der Waals surface area contributed by atoms with Crippen LogP contribution in [0, 0.1) is 6.92 Å². The number of rotatable bonds is 7. The maximum absolute atomic E-state index is 12.3. The summed E-state index contributed by atoms with van der Waals surface area (Å²) in [5.41, 5.74) is 1.53. The number of carbonyl (C=O) groups excluding carboxylic acids is 1. The third kappa shape index (κ3) is 4.87. The van der Waals surface area contributed by atoms with Crippen molar-refractivity contribution >= 4 is 16.9 Å². The van der Waals surface area contributed by atoms with Crippen molar-refractivity contribution in [1.29, 1.82) is 0 Å². The average Bonchev–Trinajstić information content (AvgIpc) is 2.68. The molecule has 146 valence electrons. The number of hydrogen-bond donors (Lipinski definition) is 2. The van der Waals surface area contributed by atoms with Crippen LogP contribution in [0.4, 0.5) is 0 Å². The number of hydrogen-bond acceptors (Lipinski definition) is 6. The van der Waals surface area contributed by atoms with Crippen molar-refractivity contribution in [3.05, 3.63) is 39.7 Å². The van der Waals surface area contributed by atoms with E-state index in [1.807, 2.05) is 19.1 Å². The van der Waals surface area contributed by atoms with Gasteiger partial charge >= 0.3 is 5.63 Å². The Bertz CT molecular complexity index is 856. The van der Waals surface area contributed by atoms with Crippen molar-refractivity contribution in [3.63, 3.8) is 0 Å². The number of nitrogens with zero attached hydrogens (tertiary/aromatic N) is 1. The highest BCUT2D eigenvalue weighted by atomic mass is 16.5. The van der Waals surface area contributed by atoms with Gasteiger partial charge in [-0.3, -0.25) is 9.69 Å². The van der Waals surface area contributed by atoms with Gasteiger partial charge in [-0.25, -0.2) is 4.79 Å². The van der Waals surface area contributed by atoms with E-state index in [-0.39, 0.29) is 18.0 Å². The first kappa shape index (κ1) is 19.4. The molecule has 7 nitrogen and oxygen atoms in total. The summed E-state index contributed by atoms with van der Waals surface area (Å²) >= 11 is 0. The lowest BCUT2D eigenvalue weighted by Crippen LogP contribution is -2.46. The Morgan fingerprint density at radius 3 is 2.85 bits per heavy atom. The minimum absolute atomic E-state index is 0.0428. The van der Waals surface area contributed by atoms with Crippen molar-refractivity contribution in [1.82, 2.24) is 15.5 Å². The number of benzene rings is 1. The Balaban J connectivity index is 1.57. The molecule has 2 N–H and O–H groups in total. The smallest absolute Gasteiger partial charge is 0.339 e. The molecule has 1 aliphatic rings. The molecule has 0 spiro atoms. The van der Waals surface area contributed by atoms with E-state index >= 15 is 0 Å². The second kappa shape index (κ2) is 9.01. The van der Waals surface area contributed by atoms with E-state index in [2.05, 4.69) is 15.5 Å². The molecule has 1 saturated heterocycles. The van der Waals surface area contributed by atoms with Gasteiger partial charge in [0.1, 0.15) is 11.3 Å². The van der Waals surface area contributed by atoms with Crippen molar-refractivity contribution in [2.45, 2.75) is 19.8 Å². The first-order chi connectivity index (χ1) is 13.1. The fourth-order valence-electron chi connectivity index (χ4n) is 3.41.